The molecule has 2 heterocycles. The number of para-hydroxylation sites is 1. The SMILES string of the molecule is CNC(=O)c1ccccc1NC(=O)c1cc(C)n(Cc2cccs2)c1C. The summed E-state index contributed by atoms with van der Waals surface area (Å²) in [5, 5.41) is 7.51. The summed E-state index contributed by atoms with van der Waals surface area (Å²) in [4.78, 5) is 26.0. The smallest absolute Gasteiger partial charge is 0.257 e. The van der Waals surface area contributed by atoms with Gasteiger partial charge in [0, 0.05) is 23.3 Å². The van der Waals surface area contributed by atoms with E-state index in [4.69, 9.17) is 0 Å². The molecule has 0 fully saturated rings. The summed E-state index contributed by atoms with van der Waals surface area (Å²) in [6.07, 6.45) is 0. The maximum atomic E-state index is 12.8. The Morgan fingerprint density at radius 3 is 2.50 bits per heavy atom. The van der Waals surface area contributed by atoms with Gasteiger partial charge in [0.1, 0.15) is 0 Å². The average Bonchev–Trinajstić information content (AvgIpc) is 3.25. The molecular formula is C20H21N3O2S. The Morgan fingerprint density at radius 2 is 1.81 bits per heavy atom. The number of rotatable bonds is 5. The van der Waals surface area contributed by atoms with E-state index in [9.17, 15) is 9.59 Å². The fourth-order valence-corrected chi connectivity index (χ4v) is 3.64. The Hall–Kier alpha value is -2.86. The summed E-state index contributed by atoms with van der Waals surface area (Å²) in [7, 11) is 1.57. The lowest BCUT2D eigenvalue weighted by atomic mass is 10.1. The molecule has 2 amide bonds. The van der Waals surface area contributed by atoms with Crippen LogP contribution < -0.4 is 10.6 Å². The number of aromatic nitrogens is 1. The van der Waals surface area contributed by atoms with E-state index < -0.39 is 0 Å². The van der Waals surface area contributed by atoms with Crippen LogP contribution in [0.5, 0.6) is 0 Å². The fourth-order valence-electron chi connectivity index (χ4n) is 2.95. The predicted octanol–water partition coefficient (Wildman–Crippen LogP) is 3.83. The molecule has 0 atom stereocenters. The molecule has 134 valence electrons. The fraction of sp³-hybridized carbons (Fsp3) is 0.200. The number of thiophene rings is 1. The number of hydrogen-bond donors (Lipinski definition) is 2. The molecule has 2 aromatic heterocycles. The highest BCUT2D eigenvalue weighted by atomic mass is 32.1. The standard InChI is InChI=1S/C20H21N3O2S/c1-13-11-17(14(2)23(13)12-15-7-6-10-26-15)20(25)22-18-9-5-4-8-16(18)19(24)21-3/h4-11H,12H2,1-3H3,(H,21,24)(H,22,25). The highest BCUT2D eigenvalue weighted by molar-refractivity contribution is 7.09. The number of anilines is 1. The number of benzene rings is 1. The zero-order chi connectivity index (χ0) is 18.7. The topological polar surface area (TPSA) is 63.1 Å². The Balaban J connectivity index is 1.87. The number of carbonyl (C=O) groups excluding carboxylic acids is 2. The molecule has 26 heavy (non-hydrogen) atoms. The van der Waals surface area contributed by atoms with Crippen LogP contribution in [0.3, 0.4) is 0 Å². The zero-order valence-corrected chi connectivity index (χ0v) is 15.8. The minimum atomic E-state index is -0.232. The van der Waals surface area contributed by atoms with Gasteiger partial charge in [0.2, 0.25) is 0 Å². The van der Waals surface area contributed by atoms with Gasteiger partial charge in [-0.3, -0.25) is 9.59 Å². The van der Waals surface area contributed by atoms with E-state index in [1.807, 2.05) is 31.4 Å². The van der Waals surface area contributed by atoms with E-state index in [0.717, 1.165) is 17.9 Å². The highest BCUT2D eigenvalue weighted by Crippen LogP contribution is 2.22. The van der Waals surface area contributed by atoms with Crippen molar-refractivity contribution < 1.29 is 9.59 Å². The van der Waals surface area contributed by atoms with Crippen molar-refractivity contribution in [1.82, 2.24) is 9.88 Å². The monoisotopic (exact) mass is 367 g/mol. The minimum absolute atomic E-state index is 0.216. The van der Waals surface area contributed by atoms with Gasteiger partial charge in [-0.1, -0.05) is 18.2 Å². The van der Waals surface area contributed by atoms with Gasteiger partial charge in [0.15, 0.2) is 0 Å². The van der Waals surface area contributed by atoms with Crippen LogP contribution in [0.1, 0.15) is 37.0 Å². The van der Waals surface area contributed by atoms with E-state index in [2.05, 4.69) is 21.3 Å². The second-order valence-electron chi connectivity index (χ2n) is 6.03. The van der Waals surface area contributed by atoms with E-state index >= 15 is 0 Å². The molecule has 6 heteroatoms. The Kier molecular flexibility index (Phi) is 5.23. The molecule has 0 spiro atoms. The Bertz CT molecular complexity index is 942. The third kappa shape index (κ3) is 3.55. The minimum Gasteiger partial charge on any atom is -0.355 e. The quantitative estimate of drug-likeness (QED) is 0.720. The number of hydrogen-bond acceptors (Lipinski definition) is 3. The molecule has 0 aliphatic rings. The molecule has 0 radical (unpaired) electrons. The van der Waals surface area contributed by atoms with Crippen LogP contribution in [0.15, 0.2) is 47.8 Å². The first-order chi connectivity index (χ1) is 12.5. The molecule has 0 saturated carbocycles. The summed E-state index contributed by atoms with van der Waals surface area (Å²) in [5.41, 5.74) is 3.49. The van der Waals surface area contributed by atoms with E-state index in [1.165, 1.54) is 4.88 Å². The molecule has 0 saturated heterocycles. The Morgan fingerprint density at radius 1 is 1.04 bits per heavy atom. The van der Waals surface area contributed by atoms with E-state index in [-0.39, 0.29) is 11.8 Å². The van der Waals surface area contributed by atoms with Gasteiger partial charge >= 0.3 is 0 Å². The average molecular weight is 367 g/mol. The van der Waals surface area contributed by atoms with Crippen LogP contribution in [0, 0.1) is 13.8 Å². The van der Waals surface area contributed by atoms with Gasteiger partial charge < -0.3 is 15.2 Å². The second-order valence-corrected chi connectivity index (χ2v) is 7.06. The predicted molar refractivity (Wildman–Crippen MR) is 105 cm³/mol. The van der Waals surface area contributed by atoms with Gasteiger partial charge in [-0.25, -0.2) is 0 Å². The van der Waals surface area contributed by atoms with Gasteiger partial charge in [-0.05, 0) is 43.5 Å². The van der Waals surface area contributed by atoms with Crippen molar-refractivity contribution in [1.29, 1.82) is 0 Å². The number of amides is 2. The van der Waals surface area contributed by atoms with Crippen molar-refractivity contribution in [3.63, 3.8) is 0 Å². The summed E-state index contributed by atoms with van der Waals surface area (Å²) >= 11 is 1.70. The molecule has 5 nitrogen and oxygen atoms in total. The number of aryl methyl sites for hydroxylation is 1. The van der Waals surface area contributed by atoms with Gasteiger partial charge in [0.05, 0.1) is 23.4 Å². The zero-order valence-electron chi connectivity index (χ0n) is 15.0. The first-order valence-corrected chi connectivity index (χ1v) is 9.20. The summed E-state index contributed by atoms with van der Waals surface area (Å²) in [6.45, 7) is 4.69. The highest BCUT2D eigenvalue weighted by Gasteiger charge is 2.18. The normalized spacial score (nSPS) is 10.6. The van der Waals surface area contributed by atoms with Crippen molar-refractivity contribution in [2.45, 2.75) is 20.4 Å². The van der Waals surface area contributed by atoms with Crippen molar-refractivity contribution in [2.75, 3.05) is 12.4 Å². The number of nitrogens with one attached hydrogen (secondary N) is 2. The lowest BCUT2D eigenvalue weighted by Crippen LogP contribution is -2.21. The molecular weight excluding hydrogens is 346 g/mol. The maximum Gasteiger partial charge on any atom is 0.257 e. The lowest BCUT2D eigenvalue weighted by molar-refractivity contribution is 0.0964. The first-order valence-electron chi connectivity index (χ1n) is 8.33. The first kappa shape index (κ1) is 17.9. The molecule has 0 aliphatic carbocycles. The molecule has 3 aromatic rings. The van der Waals surface area contributed by atoms with Crippen molar-refractivity contribution >= 4 is 28.8 Å². The summed E-state index contributed by atoms with van der Waals surface area (Å²) in [6, 6.07) is 13.0. The second kappa shape index (κ2) is 7.58. The van der Waals surface area contributed by atoms with Crippen LogP contribution in [-0.4, -0.2) is 23.4 Å². The van der Waals surface area contributed by atoms with Crippen molar-refractivity contribution in [2.24, 2.45) is 0 Å². The summed E-state index contributed by atoms with van der Waals surface area (Å²) < 4.78 is 2.13. The molecule has 1 aromatic carbocycles. The van der Waals surface area contributed by atoms with Crippen LogP contribution in [0.25, 0.3) is 0 Å². The number of nitrogens with zero attached hydrogens (tertiary/aromatic N) is 1. The summed E-state index contributed by atoms with van der Waals surface area (Å²) in [5.74, 6) is -0.448. The largest absolute Gasteiger partial charge is 0.355 e. The maximum absolute atomic E-state index is 12.8. The van der Waals surface area contributed by atoms with Crippen LogP contribution >= 0.6 is 11.3 Å². The van der Waals surface area contributed by atoms with Gasteiger partial charge in [0.25, 0.3) is 11.8 Å². The molecule has 0 unspecified atom stereocenters. The molecule has 0 bridgehead atoms. The molecule has 3 rings (SSSR count). The molecule has 0 aliphatic heterocycles. The van der Waals surface area contributed by atoms with Crippen LogP contribution in [-0.2, 0) is 6.54 Å². The van der Waals surface area contributed by atoms with Crippen LogP contribution in [0.2, 0.25) is 0 Å². The van der Waals surface area contributed by atoms with Gasteiger partial charge in [-0.15, -0.1) is 11.3 Å². The third-order valence-electron chi connectivity index (χ3n) is 4.36. The lowest BCUT2D eigenvalue weighted by Gasteiger charge is -2.11. The van der Waals surface area contributed by atoms with Gasteiger partial charge in [-0.2, -0.15) is 0 Å². The Labute approximate surface area is 156 Å². The van der Waals surface area contributed by atoms with E-state index in [1.54, 1.807) is 42.6 Å². The van der Waals surface area contributed by atoms with E-state index in [0.29, 0.717) is 16.8 Å². The van der Waals surface area contributed by atoms with Crippen molar-refractivity contribution in [3.05, 3.63) is 75.2 Å². The third-order valence-corrected chi connectivity index (χ3v) is 5.22. The number of carbonyl (C=O) groups is 2. The molecule has 2 N–H and O–H groups in total. The van der Waals surface area contributed by atoms with Crippen LogP contribution in [0.4, 0.5) is 5.69 Å². The van der Waals surface area contributed by atoms with Crippen molar-refractivity contribution in [3.8, 4) is 0 Å².